The number of unbranched alkanes of at least 4 members (excludes halogenated alkanes) is 1. The quantitative estimate of drug-likeness (QED) is 0.609. The lowest BCUT2D eigenvalue weighted by atomic mass is 10.1. The summed E-state index contributed by atoms with van der Waals surface area (Å²) >= 11 is 0. The van der Waals surface area contributed by atoms with Gasteiger partial charge in [-0.1, -0.05) is 19.4 Å². The molecule has 0 amide bonds. The minimum atomic E-state index is -0.495. The van der Waals surface area contributed by atoms with Gasteiger partial charge in [0.1, 0.15) is 12.4 Å². The monoisotopic (exact) mass is 267 g/mol. The molecule has 0 saturated carbocycles. The Morgan fingerprint density at radius 2 is 2.16 bits per heavy atom. The third-order valence-electron chi connectivity index (χ3n) is 2.76. The van der Waals surface area contributed by atoms with Crippen molar-refractivity contribution >= 4 is 5.97 Å². The van der Waals surface area contributed by atoms with Gasteiger partial charge in [-0.3, -0.25) is 0 Å². The molecule has 0 aliphatic rings. The first-order chi connectivity index (χ1) is 8.94. The van der Waals surface area contributed by atoms with Crippen molar-refractivity contribution < 1.29 is 13.9 Å². The van der Waals surface area contributed by atoms with Crippen molar-refractivity contribution in [3.63, 3.8) is 0 Å². The second-order valence-corrected chi connectivity index (χ2v) is 5.25. The van der Waals surface area contributed by atoms with E-state index >= 15 is 0 Å². The SMILES string of the molecule is CCCCNC(C)(C)COC(=O)c1cccc(F)c1. The highest BCUT2D eigenvalue weighted by molar-refractivity contribution is 5.89. The number of rotatable bonds is 7. The zero-order chi connectivity index (χ0) is 14.3. The molecule has 0 radical (unpaired) electrons. The average molecular weight is 267 g/mol. The average Bonchev–Trinajstić information content (AvgIpc) is 2.36. The van der Waals surface area contributed by atoms with E-state index in [-0.39, 0.29) is 17.7 Å². The van der Waals surface area contributed by atoms with E-state index in [4.69, 9.17) is 4.74 Å². The van der Waals surface area contributed by atoms with Gasteiger partial charge in [0.2, 0.25) is 0 Å². The van der Waals surface area contributed by atoms with E-state index in [0.29, 0.717) is 0 Å². The van der Waals surface area contributed by atoms with Crippen LogP contribution in [0.3, 0.4) is 0 Å². The van der Waals surface area contributed by atoms with E-state index in [1.165, 1.54) is 18.2 Å². The van der Waals surface area contributed by atoms with Gasteiger partial charge in [0.25, 0.3) is 0 Å². The molecular formula is C15H22FNO2. The molecule has 0 fully saturated rings. The van der Waals surface area contributed by atoms with Crippen LogP contribution in [0.25, 0.3) is 0 Å². The Balaban J connectivity index is 2.45. The third kappa shape index (κ3) is 5.83. The molecule has 0 spiro atoms. The number of benzene rings is 1. The van der Waals surface area contributed by atoms with Gasteiger partial charge in [-0.2, -0.15) is 0 Å². The topological polar surface area (TPSA) is 38.3 Å². The third-order valence-corrected chi connectivity index (χ3v) is 2.76. The summed E-state index contributed by atoms with van der Waals surface area (Å²) < 4.78 is 18.2. The Kier molecular flexibility index (Phi) is 5.96. The Bertz CT molecular complexity index is 418. The normalized spacial score (nSPS) is 11.4. The number of hydrogen-bond donors (Lipinski definition) is 1. The number of halogens is 1. The molecule has 0 unspecified atom stereocenters. The zero-order valence-corrected chi connectivity index (χ0v) is 11.8. The van der Waals surface area contributed by atoms with E-state index in [0.717, 1.165) is 19.4 Å². The van der Waals surface area contributed by atoms with Crippen LogP contribution in [0.5, 0.6) is 0 Å². The van der Waals surface area contributed by atoms with Gasteiger partial charge in [0, 0.05) is 5.54 Å². The summed E-state index contributed by atoms with van der Waals surface area (Å²) in [7, 11) is 0. The first kappa shape index (κ1) is 15.6. The van der Waals surface area contributed by atoms with E-state index in [1.807, 2.05) is 13.8 Å². The van der Waals surface area contributed by atoms with Crippen molar-refractivity contribution in [3.8, 4) is 0 Å². The van der Waals surface area contributed by atoms with Crippen LogP contribution >= 0.6 is 0 Å². The molecule has 0 aliphatic carbocycles. The van der Waals surface area contributed by atoms with Crippen molar-refractivity contribution in [2.24, 2.45) is 0 Å². The number of nitrogens with one attached hydrogen (secondary N) is 1. The molecule has 0 saturated heterocycles. The van der Waals surface area contributed by atoms with Crippen LogP contribution in [0, 0.1) is 5.82 Å². The Hall–Kier alpha value is -1.42. The smallest absolute Gasteiger partial charge is 0.338 e. The molecule has 3 nitrogen and oxygen atoms in total. The zero-order valence-electron chi connectivity index (χ0n) is 11.8. The Labute approximate surface area is 114 Å². The van der Waals surface area contributed by atoms with E-state index in [1.54, 1.807) is 6.07 Å². The van der Waals surface area contributed by atoms with Crippen LogP contribution in [0.4, 0.5) is 4.39 Å². The van der Waals surface area contributed by atoms with Gasteiger partial charge >= 0.3 is 5.97 Å². The van der Waals surface area contributed by atoms with Crippen molar-refractivity contribution in [2.75, 3.05) is 13.2 Å². The predicted octanol–water partition coefficient (Wildman–Crippen LogP) is 3.15. The molecular weight excluding hydrogens is 245 g/mol. The summed E-state index contributed by atoms with van der Waals surface area (Å²) in [4.78, 5) is 11.8. The van der Waals surface area contributed by atoms with Gasteiger partial charge in [-0.15, -0.1) is 0 Å². The molecule has 19 heavy (non-hydrogen) atoms. The number of ether oxygens (including phenoxy) is 1. The Morgan fingerprint density at radius 1 is 1.42 bits per heavy atom. The summed E-state index contributed by atoms with van der Waals surface area (Å²) in [6.45, 7) is 7.22. The molecule has 0 atom stereocenters. The molecule has 1 aromatic carbocycles. The second-order valence-electron chi connectivity index (χ2n) is 5.25. The lowest BCUT2D eigenvalue weighted by molar-refractivity contribution is 0.0400. The summed E-state index contributed by atoms with van der Waals surface area (Å²) in [5.41, 5.74) is -0.0395. The maximum Gasteiger partial charge on any atom is 0.338 e. The van der Waals surface area contributed by atoms with Crippen molar-refractivity contribution in [3.05, 3.63) is 35.6 Å². The van der Waals surface area contributed by atoms with E-state index < -0.39 is 11.8 Å². The van der Waals surface area contributed by atoms with E-state index in [2.05, 4.69) is 12.2 Å². The molecule has 1 aromatic rings. The van der Waals surface area contributed by atoms with Crippen LogP contribution < -0.4 is 5.32 Å². The first-order valence-corrected chi connectivity index (χ1v) is 6.62. The first-order valence-electron chi connectivity index (χ1n) is 6.62. The highest BCUT2D eigenvalue weighted by Crippen LogP contribution is 2.08. The van der Waals surface area contributed by atoms with Gasteiger partial charge in [0.15, 0.2) is 0 Å². The summed E-state index contributed by atoms with van der Waals surface area (Å²) in [5, 5.41) is 3.33. The lowest BCUT2D eigenvalue weighted by Crippen LogP contribution is -2.44. The minimum absolute atomic E-state index is 0.240. The van der Waals surface area contributed by atoms with Gasteiger partial charge in [0.05, 0.1) is 5.56 Å². The van der Waals surface area contributed by atoms with Crippen LogP contribution in [-0.2, 0) is 4.74 Å². The lowest BCUT2D eigenvalue weighted by Gasteiger charge is -2.25. The van der Waals surface area contributed by atoms with Gasteiger partial charge in [-0.25, -0.2) is 9.18 Å². The number of hydrogen-bond acceptors (Lipinski definition) is 3. The maximum absolute atomic E-state index is 13.0. The summed E-state index contributed by atoms with van der Waals surface area (Å²) in [6.07, 6.45) is 2.20. The number of carbonyl (C=O) groups excluding carboxylic acids is 1. The molecule has 1 rings (SSSR count). The fourth-order valence-electron chi connectivity index (χ4n) is 1.60. The fraction of sp³-hybridized carbons (Fsp3) is 0.533. The van der Waals surface area contributed by atoms with Gasteiger partial charge in [-0.05, 0) is 45.0 Å². The summed E-state index contributed by atoms with van der Waals surface area (Å²) in [5.74, 6) is -0.931. The van der Waals surface area contributed by atoms with Crippen molar-refractivity contribution in [2.45, 2.75) is 39.2 Å². The summed E-state index contributed by atoms with van der Waals surface area (Å²) in [6, 6.07) is 5.52. The molecule has 0 aromatic heterocycles. The van der Waals surface area contributed by atoms with E-state index in [9.17, 15) is 9.18 Å². The minimum Gasteiger partial charge on any atom is -0.460 e. The molecule has 0 bridgehead atoms. The standard InChI is InChI=1S/C15H22FNO2/c1-4-5-9-17-15(2,3)11-19-14(18)12-7-6-8-13(16)10-12/h6-8,10,17H,4-5,9,11H2,1-3H3. The highest BCUT2D eigenvalue weighted by Gasteiger charge is 2.19. The number of esters is 1. The van der Waals surface area contributed by atoms with Crippen LogP contribution in [0.2, 0.25) is 0 Å². The largest absolute Gasteiger partial charge is 0.460 e. The molecule has 0 aliphatic heterocycles. The molecule has 1 N–H and O–H groups in total. The number of carbonyl (C=O) groups is 1. The van der Waals surface area contributed by atoms with Crippen LogP contribution in [0.1, 0.15) is 44.0 Å². The molecule has 106 valence electrons. The van der Waals surface area contributed by atoms with Crippen LogP contribution in [-0.4, -0.2) is 24.7 Å². The predicted molar refractivity (Wildman–Crippen MR) is 73.7 cm³/mol. The van der Waals surface area contributed by atoms with Crippen molar-refractivity contribution in [1.82, 2.24) is 5.32 Å². The molecule has 0 heterocycles. The van der Waals surface area contributed by atoms with Crippen molar-refractivity contribution in [1.29, 1.82) is 0 Å². The van der Waals surface area contributed by atoms with Crippen LogP contribution in [0.15, 0.2) is 24.3 Å². The fourth-order valence-corrected chi connectivity index (χ4v) is 1.60. The highest BCUT2D eigenvalue weighted by atomic mass is 19.1. The Morgan fingerprint density at radius 3 is 2.79 bits per heavy atom. The van der Waals surface area contributed by atoms with Gasteiger partial charge < -0.3 is 10.1 Å². The second kappa shape index (κ2) is 7.24. The molecule has 4 heteroatoms. The maximum atomic E-state index is 13.0.